The summed E-state index contributed by atoms with van der Waals surface area (Å²) in [6, 6.07) is 10.6. The summed E-state index contributed by atoms with van der Waals surface area (Å²) in [5, 5.41) is 3.12. The summed E-state index contributed by atoms with van der Waals surface area (Å²) in [6.07, 6.45) is 3.19. The molecule has 3 aromatic rings. The maximum absolute atomic E-state index is 12.9. The van der Waals surface area contributed by atoms with E-state index in [1.165, 1.54) is 47.9 Å². The topological polar surface area (TPSA) is 33.2 Å². The maximum Gasteiger partial charge on any atom is 0.183 e. The van der Waals surface area contributed by atoms with Crippen LogP contribution in [0, 0.1) is 11.8 Å². The predicted octanol–water partition coefficient (Wildman–Crippen LogP) is 4.94. The van der Waals surface area contributed by atoms with E-state index >= 15 is 0 Å². The van der Waals surface area contributed by atoms with E-state index < -0.39 is 0 Å². The van der Waals surface area contributed by atoms with E-state index in [1.54, 1.807) is 11.3 Å². The number of carbonyl (C=O) groups excluding carboxylic acids is 1. The number of rotatable bonds is 4. The van der Waals surface area contributed by atoms with Crippen LogP contribution >= 0.6 is 22.9 Å². The number of nitrogens with zero attached hydrogens (tertiary/aromatic N) is 2. The van der Waals surface area contributed by atoms with Gasteiger partial charge in [-0.25, -0.2) is 0 Å². The molecule has 0 aliphatic carbocycles. The Hall–Kier alpha value is -1.56. The molecule has 3 fully saturated rings. The van der Waals surface area contributed by atoms with Gasteiger partial charge in [0.2, 0.25) is 0 Å². The summed E-state index contributed by atoms with van der Waals surface area (Å²) in [5.74, 6) is 1.50. The lowest BCUT2D eigenvalue weighted by atomic mass is 9.76. The highest BCUT2D eigenvalue weighted by Gasteiger charge is 2.35. The van der Waals surface area contributed by atoms with E-state index in [-0.39, 0.29) is 5.78 Å². The van der Waals surface area contributed by atoms with Crippen molar-refractivity contribution in [1.29, 1.82) is 0 Å². The van der Waals surface area contributed by atoms with Crippen LogP contribution in [0.4, 0.5) is 0 Å². The molecule has 3 aliphatic rings. The number of thiophene rings is 1. The third kappa shape index (κ3) is 2.84. The molecule has 3 nitrogen and oxygen atoms in total. The minimum atomic E-state index is 0.230. The Labute approximate surface area is 155 Å². The van der Waals surface area contributed by atoms with Gasteiger partial charge in [-0.05, 0) is 72.4 Å². The molecule has 0 spiro atoms. The number of ketones is 1. The third-order valence-corrected chi connectivity index (χ3v) is 7.51. The summed E-state index contributed by atoms with van der Waals surface area (Å²) in [6.45, 7) is 3.54. The molecule has 1 aromatic carbocycles. The quantitative estimate of drug-likeness (QED) is 0.612. The molecular weight excluding hydrogens is 348 g/mol. The number of fused-ring (bicyclic) bond motifs is 4. The van der Waals surface area contributed by atoms with E-state index in [9.17, 15) is 4.79 Å². The smallest absolute Gasteiger partial charge is 0.183 e. The Bertz CT molecular complexity index is 907. The number of carbonyl (C=O) groups is 1. The summed E-state index contributed by atoms with van der Waals surface area (Å²) in [5.41, 5.74) is 1.90. The van der Waals surface area contributed by atoms with Gasteiger partial charge in [0.1, 0.15) is 5.69 Å². The van der Waals surface area contributed by atoms with Crippen LogP contribution in [-0.2, 0) is 0 Å². The van der Waals surface area contributed by atoms with Crippen molar-refractivity contribution in [2.24, 2.45) is 11.8 Å². The molecular formula is C20H20N2OS2. The molecule has 128 valence electrons. The molecule has 2 bridgehead atoms. The highest BCUT2D eigenvalue weighted by molar-refractivity contribution is 7.14. The van der Waals surface area contributed by atoms with Crippen LogP contribution in [-0.4, -0.2) is 34.7 Å². The molecule has 0 radical (unpaired) electrons. The van der Waals surface area contributed by atoms with Crippen LogP contribution in [0.3, 0.4) is 0 Å². The zero-order chi connectivity index (χ0) is 16.8. The maximum atomic E-state index is 12.9. The fourth-order valence-electron chi connectivity index (χ4n) is 4.39. The standard InChI is InChI=1S/C20H20N2OS2/c23-17(10-15-12-22-7-5-13(15)6-8-22)20-16-4-3-14(11-19(16)25-21-20)18-2-1-9-24-18/h1-4,9,11,13,15H,5-8,10,12H2/t15-/m0/s1. The summed E-state index contributed by atoms with van der Waals surface area (Å²) in [4.78, 5) is 16.7. The van der Waals surface area contributed by atoms with Gasteiger partial charge in [0.05, 0.1) is 4.70 Å². The average molecular weight is 369 g/mol. The monoisotopic (exact) mass is 368 g/mol. The molecule has 5 heteroatoms. The van der Waals surface area contributed by atoms with Crippen molar-refractivity contribution in [3.8, 4) is 10.4 Å². The van der Waals surface area contributed by atoms with Gasteiger partial charge >= 0.3 is 0 Å². The Kier molecular flexibility index (Phi) is 3.95. The van der Waals surface area contributed by atoms with Crippen LogP contribution in [0.25, 0.3) is 20.5 Å². The first kappa shape index (κ1) is 15.7. The number of benzene rings is 1. The average Bonchev–Trinajstić information content (AvgIpc) is 3.32. The second kappa shape index (κ2) is 6.31. The van der Waals surface area contributed by atoms with Gasteiger partial charge in [-0.1, -0.05) is 18.2 Å². The second-order valence-electron chi connectivity index (χ2n) is 7.24. The number of piperidine rings is 3. The zero-order valence-corrected chi connectivity index (χ0v) is 15.6. The number of aromatic nitrogens is 1. The van der Waals surface area contributed by atoms with E-state index in [2.05, 4.69) is 45.0 Å². The molecule has 25 heavy (non-hydrogen) atoms. The van der Waals surface area contributed by atoms with Crippen LogP contribution in [0.5, 0.6) is 0 Å². The Morgan fingerprint density at radius 1 is 1.24 bits per heavy atom. The van der Waals surface area contributed by atoms with Gasteiger partial charge in [-0.3, -0.25) is 4.79 Å². The molecule has 0 N–H and O–H groups in total. The Morgan fingerprint density at radius 2 is 2.12 bits per heavy atom. The van der Waals surface area contributed by atoms with Gasteiger partial charge < -0.3 is 4.90 Å². The number of hydrogen-bond acceptors (Lipinski definition) is 5. The Balaban J connectivity index is 1.40. The molecule has 2 aromatic heterocycles. The van der Waals surface area contributed by atoms with E-state index in [4.69, 9.17) is 0 Å². The molecule has 0 unspecified atom stereocenters. The van der Waals surface area contributed by atoms with Crippen molar-refractivity contribution in [1.82, 2.24) is 9.27 Å². The fourth-order valence-corrected chi connectivity index (χ4v) is 5.94. The Morgan fingerprint density at radius 3 is 2.84 bits per heavy atom. The van der Waals surface area contributed by atoms with Crippen LogP contribution in [0.1, 0.15) is 29.8 Å². The van der Waals surface area contributed by atoms with Crippen molar-refractivity contribution in [2.75, 3.05) is 19.6 Å². The molecule has 0 saturated carbocycles. The lowest BCUT2D eigenvalue weighted by molar-refractivity contribution is 0.0440. The SMILES string of the molecule is O=C(C[C@H]1CN2CCC1CC2)c1nsc2cc(-c3cccs3)ccc12. The van der Waals surface area contributed by atoms with E-state index in [0.717, 1.165) is 22.5 Å². The van der Waals surface area contributed by atoms with Gasteiger partial charge in [-0.2, -0.15) is 4.37 Å². The van der Waals surface area contributed by atoms with Gasteiger partial charge in [0.25, 0.3) is 0 Å². The van der Waals surface area contributed by atoms with Crippen LogP contribution in [0.15, 0.2) is 35.7 Å². The van der Waals surface area contributed by atoms with Gasteiger partial charge in [0, 0.05) is 23.2 Å². The van der Waals surface area contributed by atoms with Crippen molar-refractivity contribution in [3.05, 3.63) is 41.4 Å². The first-order valence-electron chi connectivity index (χ1n) is 8.97. The highest BCUT2D eigenvalue weighted by atomic mass is 32.1. The number of Topliss-reactive ketones (excluding diaryl/α,β-unsaturated/α-hetero) is 1. The molecule has 6 rings (SSSR count). The normalized spacial score (nSPS) is 25.5. The van der Waals surface area contributed by atoms with E-state index in [0.29, 0.717) is 18.0 Å². The minimum Gasteiger partial charge on any atom is -0.303 e. The van der Waals surface area contributed by atoms with Crippen LogP contribution in [0.2, 0.25) is 0 Å². The first-order chi connectivity index (χ1) is 12.3. The van der Waals surface area contributed by atoms with Gasteiger partial charge in [-0.15, -0.1) is 11.3 Å². The minimum absolute atomic E-state index is 0.230. The number of hydrogen-bond donors (Lipinski definition) is 0. The molecule has 1 atom stereocenters. The molecule has 3 saturated heterocycles. The van der Waals surface area contributed by atoms with Crippen LogP contribution < -0.4 is 0 Å². The first-order valence-corrected chi connectivity index (χ1v) is 10.6. The van der Waals surface area contributed by atoms with Crippen molar-refractivity contribution >= 4 is 38.7 Å². The summed E-state index contributed by atoms with van der Waals surface area (Å²) in [7, 11) is 0. The fraction of sp³-hybridized carbons (Fsp3) is 0.400. The molecule has 5 heterocycles. The molecule has 3 aliphatic heterocycles. The van der Waals surface area contributed by atoms with Crippen molar-refractivity contribution < 1.29 is 4.79 Å². The van der Waals surface area contributed by atoms with Crippen molar-refractivity contribution in [2.45, 2.75) is 19.3 Å². The molecule has 0 amide bonds. The third-order valence-electron chi connectivity index (χ3n) is 5.78. The highest BCUT2D eigenvalue weighted by Crippen LogP contribution is 2.36. The summed E-state index contributed by atoms with van der Waals surface area (Å²) >= 11 is 3.19. The van der Waals surface area contributed by atoms with Gasteiger partial charge in [0.15, 0.2) is 5.78 Å². The summed E-state index contributed by atoms with van der Waals surface area (Å²) < 4.78 is 5.64. The lowest BCUT2D eigenvalue weighted by Gasteiger charge is -2.44. The predicted molar refractivity (Wildman–Crippen MR) is 105 cm³/mol. The van der Waals surface area contributed by atoms with E-state index in [1.807, 2.05) is 0 Å². The van der Waals surface area contributed by atoms with Crippen molar-refractivity contribution in [3.63, 3.8) is 0 Å². The zero-order valence-electron chi connectivity index (χ0n) is 14.0. The lowest BCUT2D eigenvalue weighted by Crippen LogP contribution is -2.47. The second-order valence-corrected chi connectivity index (χ2v) is 9.00. The largest absolute Gasteiger partial charge is 0.303 e.